The molecule has 4 aromatic rings. The SMILES string of the molecule is Cc1nc2cc(-c3cccc(OCc4ccccc4)c3)nn2c(Cl)c1C(O)C(=O)O. The van der Waals surface area contributed by atoms with E-state index in [-0.39, 0.29) is 10.7 Å². The molecular weight excluding hydrogens is 406 g/mol. The second-order valence-electron chi connectivity index (χ2n) is 6.74. The molecule has 0 aliphatic carbocycles. The summed E-state index contributed by atoms with van der Waals surface area (Å²) in [6.45, 7) is 2.04. The molecule has 30 heavy (non-hydrogen) atoms. The molecule has 2 aromatic heterocycles. The van der Waals surface area contributed by atoms with Crippen LogP contribution in [0.15, 0.2) is 60.7 Å². The number of carboxylic acid groups (broad SMARTS) is 1. The van der Waals surface area contributed by atoms with Gasteiger partial charge in [0.25, 0.3) is 0 Å². The molecule has 0 saturated carbocycles. The normalized spacial score (nSPS) is 12.1. The van der Waals surface area contributed by atoms with Gasteiger partial charge in [-0.2, -0.15) is 5.10 Å². The number of hydrogen-bond acceptors (Lipinski definition) is 5. The van der Waals surface area contributed by atoms with Gasteiger partial charge >= 0.3 is 5.97 Å². The smallest absolute Gasteiger partial charge is 0.337 e. The maximum Gasteiger partial charge on any atom is 0.337 e. The number of benzene rings is 2. The third-order valence-electron chi connectivity index (χ3n) is 4.66. The van der Waals surface area contributed by atoms with E-state index in [1.54, 1.807) is 13.0 Å². The number of aliphatic carboxylic acids is 1. The lowest BCUT2D eigenvalue weighted by Crippen LogP contribution is -2.15. The lowest BCUT2D eigenvalue weighted by molar-refractivity contribution is -0.147. The number of aliphatic hydroxyl groups is 1. The van der Waals surface area contributed by atoms with Crippen molar-refractivity contribution in [1.82, 2.24) is 14.6 Å². The molecule has 0 radical (unpaired) electrons. The van der Waals surface area contributed by atoms with Gasteiger partial charge in [0.2, 0.25) is 0 Å². The summed E-state index contributed by atoms with van der Waals surface area (Å²) in [6.07, 6.45) is -1.78. The summed E-state index contributed by atoms with van der Waals surface area (Å²) < 4.78 is 7.20. The number of aliphatic hydroxyl groups excluding tert-OH is 1. The molecule has 0 bridgehead atoms. The molecule has 0 fully saturated rings. The van der Waals surface area contributed by atoms with Crippen LogP contribution in [0.3, 0.4) is 0 Å². The fourth-order valence-electron chi connectivity index (χ4n) is 3.15. The Morgan fingerprint density at radius 1 is 1.17 bits per heavy atom. The molecule has 2 aromatic carbocycles. The first-order valence-electron chi connectivity index (χ1n) is 9.18. The van der Waals surface area contributed by atoms with E-state index in [0.717, 1.165) is 11.1 Å². The first-order chi connectivity index (χ1) is 14.4. The number of hydrogen-bond donors (Lipinski definition) is 2. The van der Waals surface area contributed by atoms with Gasteiger partial charge in [-0.15, -0.1) is 0 Å². The van der Waals surface area contributed by atoms with Crippen LogP contribution in [0.4, 0.5) is 0 Å². The van der Waals surface area contributed by atoms with Crippen molar-refractivity contribution in [2.75, 3.05) is 0 Å². The zero-order valence-corrected chi connectivity index (χ0v) is 16.7. The van der Waals surface area contributed by atoms with Gasteiger partial charge in [-0.3, -0.25) is 0 Å². The third-order valence-corrected chi connectivity index (χ3v) is 5.02. The highest BCUT2D eigenvalue weighted by molar-refractivity contribution is 6.30. The van der Waals surface area contributed by atoms with E-state index in [1.165, 1.54) is 4.52 Å². The van der Waals surface area contributed by atoms with Crippen LogP contribution in [0.1, 0.15) is 22.9 Å². The second-order valence-corrected chi connectivity index (χ2v) is 7.10. The van der Waals surface area contributed by atoms with Crippen LogP contribution in [-0.2, 0) is 11.4 Å². The van der Waals surface area contributed by atoms with Gasteiger partial charge in [0.05, 0.1) is 11.3 Å². The van der Waals surface area contributed by atoms with Gasteiger partial charge in [-0.05, 0) is 24.6 Å². The van der Waals surface area contributed by atoms with Crippen molar-refractivity contribution in [3.8, 4) is 17.0 Å². The Bertz CT molecular complexity index is 1220. The lowest BCUT2D eigenvalue weighted by Gasteiger charge is -2.11. The molecule has 7 nitrogen and oxygen atoms in total. The number of nitrogens with zero attached hydrogens (tertiary/aromatic N) is 3. The topological polar surface area (TPSA) is 97.0 Å². The van der Waals surface area contributed by atoms with Crippen molar-refractivity contribution in [2.24, 2.45) is 0 Å². The van der Waals surface area contributed by atoms with Crippen molar-refractivity contribution in [3.63, 3.8) is 0 Å². The molecule has 0 saturated heterocycles. The number of fused-ring (bicyclic) bond motifs is 1. The number of ether oxygens (including phenoxy) is 1. The minimum absolute atomic E-state index is 0.00938. The van der Waals surface area contributed by atoms with Crippen molar-refractivity contribution in [3.05, 3.63) is 82.6 Å². The highest BCUT2D eigenvalue weighted by Crippen LogP contribution is 2.30. The average Bonchev–Trinajstić information content (AvgIpc) is 3.17. The van der Waals surface area contributed by atoms with Crippen molar-refractivity contribution >= 4 is 23.2 Å². The number of carbonyl (C=O) groups is 1. The molecule has 0 amide bonds. The maximum atomic E-state index is 11.2. The van der Waals surface area contributed by atoms with Crippen LogP contribution < -0.4 is 4.74 Å². The number of aromatic nitrogens is 3. The summed E-state index contributed by atoms with van der Waals surface area (Å²) >= 11 is 6.35. The number of aryl methyl sites for hydroxylation is 1. The first kappa shape index (κ1) is 19.9. The van der Waals surface area contributed by atoms with Gasteiger partial charge in [0, 0.05) is 17.3 Å². The molecule has 2 N–H and O–H groups in total. The van der Waals surface area contributed by atoms with E-state index in [1.807, 2.05) is 54.6 Å². The van der Waals surface area contributed by atoms with Crippen LogP contribution in [0.25, 0.3) is 16.9 Å². The van der Waals surface area contributed by atoms with Gasteiger partial charge in [0.15, 0.2) is 11.8 Å². The van der Waals surface area contributed by atoms with Gasteiger partial charge < -0.3 is 14.9 Å². The number of rotatable bonds is 6. The zero-order chi connectivity index (χ0) is 21.3. The molecular formula is C22H18ClN3O4. The Kier molecular flexibility index (Phi) is 5.39. The maximum absolute atomic E-state index is 11.2. The lowest BCUT2D eigenvalue weighted by atomic mass is 10.1. The second kappa shape index (κ2) is 8.14. The van der Waals surface area contributed by atoms with Gasteiger partial charge in [-0.25, -0.2) is 14.3 Å². The highest BCUT2D eigenvalue weighted by Gasteiger charge is 2.25. The van der Waals surface area contributed by atoms with E-state index in [0.29, 0.717) is 29.4 Å². The van der Waals surface area contributed by atoms with Crippen LogP contribution in [0.5, 0.6) is 5.75 Å². The van der Waals surface area contributed by atoms with Gasteiger partial charge in [-0.1, -0.05) is 54.1 Å². The largest absolute Gasteiger partial charge is 0.489 e. The fourth-order valence-corrected chi connectivity index (χ4v) is 3.52. The van der Waals surface area contributed by atoms with E-state index in [2.05, 4.69) is 10.1 Å². The molecule has 8 heteroatoms. The quantitative estimate of drug-likeness (QED) is 0.454. The summed E-state index contributed by atoms with van der Waals surface area (Å²) in [5, 5.41) is 23.5. The summed E-state index contributed by atoms with van der Waals surface area (Å²) in [4.78, 5) is 15.5. The summed E-state index contributed by atoms with van der Waals surface area (Å²) in [6, 6.07) is 19.1. The Morgan fingerprint density at radius 3 is 2.67 bits per heavy atom. The summed E-state index contributed by atoms with van der Waals surface area (Å²) in [5.74, 6) is -0.720. The summed E-state index contributed by atoms with van der Waals surface area (Å²) in [5.41, 5.74) is 3.24. The van der Waals surface area contributed by atoms with Crippen LogP contribution in [0.2, 0.25) is 5.15 Å². The Morgan fingerprint density at radius 2 is 1.93 bits per heavy atom. The van der Waals surface area contributed by atoms with Crippen LogP contribution in [0, 0.1) is 6.92 Å². The van der Waals surface area contributed by atoms with Gasteiger partial charge in [0.1, 0.15) is 17.5 Å². The van der Waals surface area contributed by atoms with E-state index < -0.39 is 12.1 Å². The van der Waals surface area contributed by atoms with Crippen LogP contribution >= 0.6 is 11.6 Å². The highest BCUT2D eigenvalue weighted by atomic mass is 35.5. The molecule has 0 spiro atoms. The number of carboxylic acids is 1. The first-order valence-corrected chi connectivity index (χ1v) is 9.55. The molecule has 152 valence electrons. The predicted octanol–water partition coefficient (Wildman–Crippen LogP) is 4.06. The van der Waals surface area contributed by atoms with E-state index in [9.17, 15) is 9.90 Å². The average molecular weight is 424 g/mol. The Hall–Kier alpha value is -3.42. The van der Waals surface area contributed by atoms with E-state index in [4.69, 9.17) is 21.4 Å². The molecule has 2 heterocycles. The number of halogens is 1. The molecule has 1 unspecified atom stereocenters. The zero-order valence-electron chi connectivity index (χ0n) is 16.0. The molecule has 1 atom stereocenters. The summed E-state index contributed by atoms with van der Waals surface area (Å²) in [7, 11) is 0. The fraction of sp³-hybridized carbons (Fsp3) is 0.136. The van der Waals surface area contributed by atoms with E-state index >= 15 is 0 Å². The minimum Gasteiger partial charge on any atom is -0.489 e. The third kappa shape index (κ3) is 3.85. The molecule has 0 aliphatic rings. The standard InChI is InChI=1S/C22H18ClN3O4/c1-13-19(20(27)22(28)29)21(23)26-18(24-13)11-17(25-26)15-8-5-9-16(10-15)30-12-14-6-3-2-4-7-14/h2-11,20,27H,12H2,1H3,(H,28,29). The van der Waals surface area contributed by atoms with Crippen molar-refractivity contribution in [2.45, 2.75) is 19.6 Å². The monoisotopic (exact) mass is 423 g/mol. The minimum atomic E-state index is -1.78. The predicted molar refractivity (Wildman–Crippen MR) is 112 cm³/mol. The Balaban J connectivity index is 1.66. The molecule has 4 rings (SSSR count). The van der Waals surface area contributed by atoms with Crippen molar-refractivity contribution < 1.29 is 19.7 Å². The van der Waals surface area contributed by atoms with Crippen molar-refractivity contribution in [1.29, 1.82) is 0 Å². The molecule has 0 aliphatic heterocycles. The Labute approximate surface area is 177 Å². The van der Waals surface area contributed by atoms with Crippen LogP contribution in [-0.4, -0.2) is 30.8 Å².